The normalized spacial score (nSPS) is 12.8. The van der Waals surface area contributed by atoms with Crippen LogP contribution < -0.4 is 5.32 Å². The van der Waals surface area contributed by atoms with Crippen molar-refractivity contribution in [2.75, 3.05) is 13.1 Å². The van der Waals surface area contributed by atoms with Gasteiger partial charge in [0.1, 0.15) is 0 Å². The molecule has 0 saturated carbocycles. The van der Waals surface area contributed by atoms with Crippen LogP contribution in [0.2, 0.25) is 0 Å². The number of nitrogens with one attached hydrogen (secondary N) is 1. The van der Waals surface area contributed by atoms with Crippen LogP contribution in [0.5, 0.6) is 0 Å². The van der Waals surface area contributed by atoms with Gasteiger partial charge in [0.05, 0.1) is 0 Å². The van der Waals surface area contributed by atoms with Crippen LogP contribution in [0.15, 0.2) is 24.3 Å². The predicted molar refractivity (Wildman–Crippen MR) is 90.2 cm³/mol. The fourth-order valence-electron chi connectivity index (χ4n) is 2.63. The van der Waals surface area contributed by atoms with Crippen molar-refractivity contribution in [2.24, 2.45) is 11.8 Å². The van der Waals surface area contributed by atoms with E-state index in [1.807, 2.05) is 0 Å². The van der Waals surface area contributed by atoms with Crippen LogP contribution in [0, 0.1) is 18.8 Å². The summed E-state index contributed by atoms with van der Waals surface area (Å²) in [6, 6.07) is 9.06. The molecule has 1 N–H and O–H groups in total. The van der Waals surface area contributed by atoms with Crippen LogP contribution in [0.4, 0.5) is 0 Å². The first-order chi connectivity index (χ1) is 9.61. The predicted octanol–water partition coefficient (Wildman–Crippen LogP) is 4.98. The molecule has 1 heteroatoms. The standard InChI is InChI=1S/C19H33N/c1-5-13-20-15-19(8-6-7-16(2)3)14-18-11-9-17(4)10-12-18/h9-12,16,19-20H,5-8,13-15H2,1-4H3. The highest BCUT2D eigenvalue weighted by Crippen LogP contribution is 2.17. The molecule has 0 amide bonds. The molecule has 0 heterocycles. The van der Waals surface area contributed by atoms with E-state index in [1.165, 1.54) is 49.8 Å². The van der Waals surface area contributed by atoms with Crippen molar-refractivity contribution < 1.29 is 0 Å². The Bertz CT molecular complexity index is 339. The summed E-state index contributed by atoms with van der Waals surface area (Å²) in [5.41, 5.74) is 2.85. The summed E-state index contributed by atoms with van der Waals surface area (Å²) in [4.78, 5) is 0. The third-order valence-electron chi connectivity index (χ3n) is 3.90. The minimum atomic E-state index is 0.781. The van der Waals surface area contributed by atoms with E-state index in [0.717, 1.165) is 18.4 Å². The van der Waals surface area contributed by atoms with E-state index in [9.17, 15) is 0 Å². The maximum Gasteiger partial charge on any atom is -0.00173 e. The molecule has 0 spiro atoms. The van der Waals surface area contributed by atoms with E-state index in [0.29, 0.717) is 0 Å². The van der Waals surface area contributed by atoms with Gasteiger partial charge in [0.25, 0.3) is 0 Å². The minimum absolute atomic E-state index is 0.781. The van der Waals surface area contributed by atoms with Crippen molar-refractivity contribution in [3.63, 3.8) is 0 Å². The topological polar surface area (TPSA) is 12.0 Å². The third-order valence-corrected chi connectivity index (χ3v) is 3.90. The molecule has 1 aromatic carbocycles. The van der Waals surface area contributed by atoms with Crippen molar-refractivity contribution in [1.82, 2.24) is 5.32 Å². The molecule has 1 atom stereocenters. The Labute approximate surface area is 126 Å². The lowest BCUT2D eigenvalue weighted by atomic mass is 9.92. The van der Waals surface area contributed by atoms with Gasteiger partial charge < -0.3 is 5.32 Å². The first kappa shape index (κ1) is 17.2. The van der Waals surface area contributed by atoms with Gasteiger partial charge in [0, 0.05) is 0 Å². The van der Waals surface area contributed by atoms with Gasteiger partial charge >= 0.3 is 0 Å². The Morgan fingerprint density at radius 3 is 2.35 bits per heavy atom. The van der Waals surface area contributed by atoms with E-state index >= 15 is 0 Å². The molecule has 0 aliphatic heterocycles. The smallest absolute Gasteiger partial charge is 0.00173 e. The zero-order chi connectivity index (χ0) is 14.8. The Kier molecular flexibility index (Phi) is 8.60. The van der Waals surface area contributed by atoms with Crippen molar-refractivity contribution in [3.8, 4) is 0 Å². The van der Waals surface area contributed by atoms with Gasteiger partial charge in [-0.3, -0.25) is 0 Å². The van der Waals surface area contributed by atoms with Crippen LogP contribution in [-0.4, -0.2) is 13.1 Å². The molecule has 0 aliphatic carbocycles. The summed E-state index contributed by atoms with van der Waals surface area (Å²) >= 11 is 0. The van der Waals surface area contributed by atoms with E-state index in [4.69, 9.17) is 0 Å². The molecule has 1 aromatic rings. The second-order valence-corrected chi connectivity index (χ2v) is 6.58. The van der Waals surface area contributed by atoms with Gasteiger partial charge in [0.15, 0.2) is 0 Å². The van der Waals surface area contributed by atoms with Gasteiger partial charge in [-0.2, -0.15) is 0 Å². The zero-order valence-electron chi connectivity index (χ0n) is 13.9. The highest BCUT2D eigenvalue weighted by molar-refractivity contribution is 5.21. The van der Waals surface area contributed by atoms with Crippen molar-refractivity contribution >= 4 is 0 Å². The highest BCUT2D eigenvalue weighted by atomic mass is 14.8. The number of rotatable bonds is 10. The molecule has 114 valence electrons. The largest absolute Gasteiger partial charge is 0.316 e. The fourth-order valence-corrected chi connectivity index (χ4v) is 2.63. The highest BCUT2D eigenvalue weighted by Gasteiger charge is 2.10. The number of benzene rings is 1. The van der Waals surface area contributed by atoms with E-state index < -0.39 is 0 Å². The Morgan fingerprint density at radius 2 is 1.75 bits per heavy atom. The molecular weight excluding hydrogens is 242 g/mol. The molecule has 0 fully saturated rings. The lowest BCUT2D eigenvalue weighted by Gasteiger charge is -2.18. The fraction of sp³-hybridized carbons (Fsp3) is 0.684. The van der Waals surface area contributed by atoms with Gasteiger partial charge in [-0.1, -0.05) is 63.4 Å². The Hall–Kier alpha value is -0.820. The molecule has 20 heavy (non-hydrogen) atoms. The zero-order valence-corrected chi connectivity index (χ0v) is 13.9. The van der Waals surface area contributed by atoms with Gasteiger partial charge in [0.2, 0.25) is 0 Å². The molecule has 1 nitrogen and oxygen atoms in total. The number of hydrogen-bond donors (Lipinski definition) is 1. The maximum atomic E-state index is 3.60. The van der Waals surface area contributed by atoms with Crippen molar-refractivity contribution in [3.05, 3.63) is 35.4 Å². The lowest BCUT2D eigenvalue weighted by Crippen LogP contribution is -2.25. The summed E-state index contributed by atoms with van der Waals surface area (Å²) in [7, 11) is 0. The second kappa shape index (κ2) is 9.99. The molecule has 0 radical (unpaired) electrons. The van der Waals surface area contributed by atoms with Crippen LogP contribution in [0.25, 0.3) is 0 Å². The average Bonchev–Trinajstić information content (AvgIpc) is 2.41. The van der Waals surface area contributed by atoms with Crippen LogP contribution in [-0.2, 0) is 6.42 Å². The summed E-state index contributed by atoms with van der Waals surface area (Å²) in [6.45, 7) is 11.4. The first-order valence-corrected chi connectivity index (χ1v) is 8.38. The van der Waals surface area contributed by atoms with Gasteiger partial charge in [-0.05, 0) is 56.7 Å². The quantitative estimate of drug-likeness (QED) is 0.594. The molecule has 0 bridgehead atoms. The summed E-state index contributed by atoms with van der Waals surface area (Å²) in [6.07, 6.45) is 6.52. The lowest BCUT2D eigenvalue weighted by molar-refractivity contribution is 0.407. The first-order valence-electron chi connectivity index (χ1n) is 8.38. The van der Waals surface area contributed by atoms with E-state index in [2.05, 4.69) is 57.3 Å². The van der Waals surface area contributed by atoms with Crippen LogP contribution >= 0.6 is 0 Å². The van der Waals surface area contributed by atoms with Crippen LogP contribution in [0.3, 0.4) is 0 Å². The Balaban J connectivity index is 2.45. The van der Waals surface area contributed by atoms with Crippen LogP contribution in [0.1, 0.15) is 57.6 Å². The summed E-state index contributed by atoms with van der Waals surface area (Å²) in [5.74, 6) is 1.61. The third kappa shape index (κ3) is 7.69. The van der Waals surface area contributed by atoms with Crippen molar-refractivity contribution in [1.29, 1.82) is 0 Å². The molecule has 1 rings (SSSR count). The molecule has 1 unspecified atom stereocenters. The minimum Gasteiger partial charge on any atom is -0.316 e. The van der Waals surface area contributed by atoms with Gasteiger partial charge in [-0.25, -0.2) is 0 Å². The number of hydrogen-bond acceptors (Lipinski definition) is 1. The van der Waals surface area contributed by atoms with E-state index in [-0.39, 0.29) is 0 Å². The number of aryl methyl sites for hydroxylation is 1. The van der Waals surface area contributed by atoms with Crippen molar-refractivity contribution in [2.45, 2.75) is 59.8 Å². The monoisotopic (exact) mass is 275 g/mol. The summed E-state index contributed by atoms with van der Waals surface area (Å²) < 4.78 is 0. The maximum absolute atomic E-state index is 3.60. The summed E-state index contributed by atoms with van der Waals surface area (Å²) in [5, 5.41) is 3.60. The second-order valence-electron chi connectivity index (χ2n) is 6.58. The molecule has 0 saturated heterocycles. The SMILES string of the molecule is CCCNCC(CCCC(C)C)Cc1ccc(C)cc1. The Morgan fingerprint density at radius 1 is 1.05 bits per heavy atom. The molecular formula is C19H33N. The van der Waals surface area contributed by atoms with E-state index in [1.54, 1.807) is 0 Å². The molecule has 0 aromatic heterocycles. The average molecular weight is 275 g/mol. The molecule has 0 aliphatic rings. The van der Waals surface area contributed by atoms with Gasteiger partial charge in [-0.15, -0.1) is 0 Å².